The summed E-state index contributed by atoms with van der Waals surface area (Å²) in [6.07, 6.45) is -0.110. The van der Waals surface area contributed by atoms with E-state index in [4.69, 9.17) is 32.7 Å². The molecule has 0 radical (unpaired) electrons. The van der Waals surface area contributed by atoms with Gasteiger partial charge in [0.2, 0.25) is 11.8 Å². The fourth-order valence-corrected chi connectivity index (χ4v) is 5.58. The second-order valence-electron chi connectivity index (χ2n) is 9.52. The van der Waals surface area contributed by atoms with Gasteiger partial charge in [0.15, 0.2) is 11.5 Å². The van der Waals surface area contributed by atoms with Crippen LogP contribution < -0.4 is 14.8 Å². The van der Waals surface area contributed by atoms with Gasteiger partial charge in [0.25, 0.3) is 0 Å². The van der Waals surface area contributed by atoms with Crippen molar-refractivity contribution in [2.45, 2.75) is 45.1 Å². The first-order valence-electron chi connectivity index (χ1n) is 12.5. The first-order chi connectivity index (χ1) is 19.0. The normalized spacial score (nSPS) is 18.6. The molecule has 1 aliphatic carbocycles. The zero-order valence-corrected chi connectivity index (χ0v) is 25.9. The summed E-state index contributed by atoms with van der Waals surface area (Å²) in [5, 5.41) is 24.3. The number of rotatable bonds is 11. The standard InChI is InChI=1S/C28H31Cl2IN2O7/c1-15(2)28(38)33(13-17-4-5-19(29)12-20(17)30)22-10-18(27(37)32-6-7-34)11-23(25(22)36)40-26-21(31)8-16(14-35)9-24(26)39-3/h4-5,8-9,11-12,14-15,22-23,25,34,36H,6-7,10,13H2,1-3H3,(H,32,37). The Labute approximate surface area is 256 Å². The van der Waals surface area contributed by atoms with Gasteiger partial charge < -0.3 is 29.9 Å². The average molecular weight is 705 g/mol. The minimum atomic E-state index is -1.26. The zero-order valence-electron chi connectivity index (χ0n) is 22.2. The lowest BCUT2D eigenvalue weighted by Gasteiger charge is -2.41. The van der Waals surface area contributed by atoms with Crippen molar-refractivity contribution in [2.75, 3.05) is 20.3 Å². The highest BCUT2D eigenvalue weighted by atomic mass is 127. The molecule has 3 rings (SSSR count). The third kappa shape index (κ3) is 7.67. The summed E-state index contributed by atoms with van der Waals surface area (Å²) in [4.78, 5) is 39.4. The summed E-state index contributed by atoms with van der Waals surface area (Å²) in [5.41, 5.74) is 1.27. The third-order valence-corrected chi connectivity index (χ3v) is 7.78. The molecule has 0 spiro atoms. The van der Waals surface area contributed by atoms with Crippen molar-refractivity contribution < 1.29 is 34.1 Å². The maximum atomic E-state index is 13.5. The van der Waals surface area contributed by atoms with Gasteiger partial charge in [0.05, 0.1) is 23.3 Å². The van der Waals surface area contributed by atoms with E-state index < -0.39 is 30.1 Å². The van der Waals surface area contributed by atoms with E-state index in [-0.39, 0.29) is 49.1 Å². The second-order valence-corrected chi connectivity index (χ2v) is 11.5. The van der Waals surface area contributed by atoms with Gasteiger partial charge in [-0.05, 0) is 58.5 Å². The SMILES string of the molecule is COc1cc(C=O)cc(I)c1OC1C=C(C(=O)NCCO)CC(N(Cc2ccc(Cl)cc2Cl)C(=O)C(C)C)C1O. The number of aldehydes is 1. The monoisotopic (exact) mass is 704 g/mol. The van der Waals surface area contributed by atoms with Gasteiger partial charge in [-0.3, -0.25) is 14.4 Å². The number of carbonyl (C=O) groups excluding carboxylic acids is 3. The Balaban J connectivity index is 2.07. The van der Waals surface area contributed by atoms with E-state index in [1.54, 1.807) is 38.1 Å². The highest BCUT2D eigenvalue weighted by Crippen LogP contribution is 2.37. The van der Waals surface area contributed by atoms with Crippen LogP contribution in [0.1, 0.15) is 36.2 Å². The smallest absolute Gasteiger partial charge is 0.247 e. The van der Waals surface area contributed by atoms with Gasteiger partial charge in [-0.2, -0.15) is 0 Å². The zero-order chi connectivity index (χ0) is 29.6. The maximum absolute atomic E-state index is 13.5. The van der Waals surface area contributed by atoms with Crippen molar-refractivity contribution in [1.29, 1.82) is 0 Å². The quantitative estimate of drug-likeness (QED) is 0.239. The fraction of sp³-hybridized carbons (Fsp3) is 0.393. The lowest BCUT2D eigenvalue weighted by atomic mass is 9.87. The van der Waals surface area contributed by atoms with Crippen molar-refractivity contribution in [3.8, 4) is 11.5 Å². The van der Waals surface area contributed by atoms with Crippen LogP contribution in [0.25, 0.3) is 0 Å². The molecule has 2 amide bonds. The molecule has 0 bridgehead atoms. The predicted molar refractivity (Wildman–Crippen MR) is 160 cm³/mol. The lowest BCUT2D eigenvalue weighted by Crippen LogP contribution is -2.55. The van der Waals surface area contributed by atoms with E-state index in [2.05, 4.69) is 5.32 Å². The third-order valence-electron chi connectivity index (χ3n) is 6.39. The number of halogens is 3. The van der Waals surface area contributed by atoms with Gasteiger partial charge in [-0.1, -0.05) is 43.1 Å². The molecule has 12 heteroatoms. The Morgan fingerprint density at radius 2 is 1.98 bits per heavy atom. The number of nitrogens with zero attached hydrogens (tertiary/aromatic N) is 1. The molecule has 0 fully saturated rings. The van der Waals surface area contributed by atoms with Gasteiger partial charge >= 0.3 is 0 Å². The van der Waals surface area contributed by atoms with Crippen LogP contribution in [0.3, 0.4) is 0 Å². The molecule has 3 N–H and O–H groups in total. The van der Waals surface area contributed by atoms with Gasteiger partial charge in [0, 0.05) is 46.6 Å². The topological polar surface area (TPSA) is 125 Å². The maximum Gasteiger partial charge on any atom is 0.247 e. The molecule has 1 aliphatic rings. The van der Waals surface area contributed by atoms with E-state index in [0.29, 0.717) is 31.0 Å². The lowest BCUT2D eigenvalue weighted by molar-refractivity contribution is -0.142. The van der Waals surface area contributed by atoms with Crippen molar-refractivity contribution in [2.24, 2.45) is 5.92 Å². The molecule has 0 aromatic heterocycles. The highest BCUT2D eigenvalue weighted by molar-refractivity contribution is 14.1. The predicted octanol–water partition coefficient (Wildman–Crippen LogP) is 4.02. The Morgan fingerprint density at radius 1 is 1.25 bits per heavy atom. The summed E-state index contributed by atoms with van der Waals surface area (Å²) in [6, 6.07) is 7.19. The van der Waals surface area contributed by atoms with E-state index >= 15 is 0 Å². The Morgan fingerprint density at radius 3 is 2.58 bits per heavy atom. The van der Waals surface area contributed by atoms with Gasteiger partial charge in [0.1, 0.15) is 18.5 Å². The van der Waals surface area contributed by atoms with Crippen LogP contribution >= 0.6 is 45.8 Å². The average Bonchev–Trinajstić information content (AvgIpc) is 2.92. The molecule has 0 saturated carbocycles. The minimum Gasteiger partial charge on any atom is -0.493 e. The number of ether oxygens (including phenoxy) is 2. The van der Waals surface area contributed by atoms with Crippen LogP contribution in [-0.4, -0.2) is 71.7 Å². The first-order valence-corrected chi connectivity index (χ1v) is 14.4. The minimum absolute atomic E-state index is 0.0280. The van der Waals surface area contributed by atoms with Crippen LogP contribution in [0.15, 0.2) is 42.0 Å². The molecule has 216 valence electrons. The van der Waals surface area contributed by atoms with Crippen molar-refractivity contribution in [3.05, 3.63) is 66.7 Å². The summed E-state index contributed by atoms with van der Waals surface area (Å²) in [5.74, 6) is -0.599. The molecule has 0 saturated heterocycles. The molecular weight excluding hydrogens is 674 g/mol. The summed E-state index contributed by atoms with van der Waals surface area (Å²) >= 11 is 14.5. The molecule has 9 nitrogen and oxygen atoms in total. The number of carbonyl (C=O) groups is 3. The van der Waals surface area contributed by atoms with Crippen LogP contribution in [-0.2, 0) is 16.1 Å². The Hall–Kier alpha value is -2.38. The van der Waals surface area contributed by atoms with Crippen LogP contribution in [0.2, 0.25) is 10.0 Å². The summed E-state index contributed by atoms with van der Waals surface area (Å²) in [6.45, 7) is 3.32. The van der Waals surface area contributed by atoms with Crippen LogP contribution in [0, 0.1) is 9.49 Å². The number of hydrogen-bond acceptors (Lipinski definition) is 7. The Bertz CT molecular complexity index is 1290. The molecule has 3 unspecified atom stereocenters. The highest BCUT2D eigenvalue weighted by Gasteiger charge is 2.41. The number of amides is 2. The number of aliphatic hydroxyl groups excluding tert-OH is 2. The number of nitrogens with one attached hydrogen (secondary N) is 1. The second kappa shape index (κ2) is 14.5. The molecule has 0 aliphatic heterocycles. The van der Waals surface area contributed by atoms with Crippen LogP contribution in [0.4, 0.5) is 0 Å². The van der Waals surface area contributed by atoms with Crippen molar-refractivity contribution >= 4 is 63.9 Å². The molecular formula is C28H31Cl2IN2O7. The number of aliphatic hydroxyl groups is 2. The number of hydrogen-bond donors (Lipinski definition) is 3. The van der Waals surface area contributed by atoms with Crippen LogP contribution in [0.5, 0.6) is 11.5 Å². The molecule has 0 heterocycles. The van der Waals surface area contributed by atoms with Crippen molar-refractivity contribution in [3.63, 3.8) is 0 Å². The molecule has 2 aromatic rings. The van der Waals surface area contributed by atoms with Gasteiger partial charge in [-0.15, -0.1) is 0 Å². The Kier molecular flexibility index (Phi) is 11.6. The van der Waals surface area contributed by atoms with Gasteiger partial charge in [-0.25, -0.2) is 0 Å². The molecule has 40 heavy (non-hydrogen) atoms. The van der Waals surface area contributed by atoms with Crippen molar-refractivity contribution in [1.82, 2.24) is 10.2 Å². The van der Waals surface area contributed by atoms with E-state index in [9.17, 15) is 24.6 Å². The number of methoxy groups -OCH3 is 1. The number of benzene rings is 2. The molecule has 3 atom stereocenters. The summed E-state index contributed by atoms with van der Waals surface area (Å²) < 4.78 is 12.2. The first kappa shape index (κ1) is 32.1. The van der Waals surface area contributed by atoms with E-state index in [0.717, 1.165) is 0 Å². The van der Waals surface area contributed by atoms with E-state index in [1.165, 1.54) is 24.2 Å². The summed E-state index contributed by atoms with van der Waals surface area (Å²) in [7, 11) is 1.43. The fourth-order valence-electron chi connectivity index (χ4n) is 4.36. The largest absolute Gasteiger partial charge is 0.493 e. The van der Waals surface area contributed by atoms with E-state index in [1.807, 2.05) is 22.6 Å². The molecule has 2 aromatic carbocycles.